The van der Waals surface area contributed by atoms with Crippen LogP contribution in [0.2, 0.25) is 0 Å². The van der Waals surface area contributed by atoms with Crippen molar-refractivity contribution in [2.45, 2.75) is 24.7 Å². The molecule has 1 aliphatic rings. The molecule has 0 unspecified atom stereocenters. The number of nitrogens with zero attached hydrogens (tertiary/aromatic N) is 2. The van der Waals surface area contributed by atoms with Gasteiger partial charge in [0, 0.05) is 12.1 Å². The van der Waals surface area contributed by atoms with Crippen molar-refractivity contribution >= 4 is 21.5 Å². The van der Waals surface area contributed by atoms with E-state index in [1.165, 1.54) is 23.4 Å². The monoisotopic (exact) mass is 340 g/mol. The number of benzene rings is 2. The first-order valence-corrected chi connectivity index (χ1v) is 9.05. The van der Waals surface area contributed by atoms with E-state index in [1.807, 2.05) is 6.07 Å². The van der Waals surface area contributed by atoms with E-state index >= 15 is 0 Å². The van der Waals surface area contributed by atoms with Gasteiger partial charge >= 0.3 is 0 Å². The zero-order valence-corrected chi connectivity index (χ0v) is 14.0. The van der Waals surface area contributed by atoms with Crippen molar-refractivity contribution in [1.82, 2.24) is 0 Å². The smallest absolute Gasteiger partial charge is 0.265 e. The first kappa shape index (κ1) is 16.2. The van der Waals surface area contributed by atoms with Crippen LogP contribution in [0.5, 0.6) is 0 Å². The molecule has 5 nitrogen and oxygen atoms in total. The Hall–Kier alpha value is -2.65. The fourth-order valence-electron chi connectivity index (χ4n) is 2.93. The minimum atomic E-state index is -3.83. The third kappa shape index (κ3) is 2.68. The van der Waals surface area contributed by atoms with E-state index < -0.39 is 10.0 Å². The fourth-order valence-corrected chi connectivity index (χ4v) is 4.62. The quantitative estimate of drug-likeness (QED) is 0.805. The number of nitriles is 1. The summed E-state index contributed by atoms with van der Waals surface area (Å²) in [6.07, 6.45) is 1.39. The van der Waals surface area contributed by atoms with Crippen LogP contribution in [0.3, 0.4) is 0 Å². The van der Waals surface area contributed by atoms with Gasteiger partial charge in [0.15, 0.2) is 5.78 Å². The van der Waals surface area contributed by atoms with Gasteiger partial charge in [-0.05, 0) is 55.7 Å². The highest BCUT2D eigenvalue weighted by Crippen LogP contribution is 2.33. The summed E-state index contributed by atoms with van der Waals surface area (Å²) in [6, 6.07) is 13.2. The predicted octanol–water partition coefficient (Wildman–Crippen LogP) is 2.90. The Morgan fingerprint density at radius 3 is 2.67 bits per heavy atom. The summed E-state index contributed by atoms with van der Waals surface area (Å²) in [5.74, 6) is -0.0485. The zero-order chi connectivity index (χ0) is 17.3. The number of fused-ring (bicyclic) bond motifs is 1. The van der Waals surface area contributed by atoms with Gasteiger partial charge < -0.3 is 0 Å². The largest absolute Gasteiger partial charge is 0.295 e. The summed E-state index contributed by atoms with van der Waals surface area (Å²) in [7, 11) is -3.83. The molecule has 0 atom stereocenters. The average molecular weight is 340 g/mol. The first-order valence-electron chi connectivity index (χ1n) is 7.61. The third-order valence-corrected chi connectivity index (χ3v) is 6.01. The van der Waals surface area contributed by atoms with E-state index in [0.29, 0.717) is 24.2 Å². The van der Waals surface area contributed by atoms with Crippen molar-refractivity contribution in [2.75, 3.05) is 10.8 Å². The normalized spacial score (nSPS) is 13.9. The van der Waals surface area contributed by atoms with Crippen LogP contribution in [-0.2, 0) is 16.4 Å². The summed E-state index contributed by atoms with van der Waals surface area (Å²) in [5.41, 5.74) is 2.13. The van der Waals surface area contributed by atoms with E-state index in [4.69, 9.17) is 0 Å². The summed E-state index contributed by atoms with van der Waals surface area (Å²) >= 11 is 0. The summed E-state index contributed by atoms with van der Waals surface area (Å²) in [6.45, 7) is 1.84. The lowest BCUT2D eigenvalue weighted by atomic mass is 9.99. The van der Waals surface area contributed by atoms with Gasteiger partial charge in [0.25, 0.3) is 10.0 Å². The molecule has 6 heteroatoms. The second-order valence-electron chi connectivity index (χ2n) is 5.69. The van der Waals surface area contributed by atoms with Gasteiger partial charge in [0.1, 0.15) is 11.0 Å². The van der Waals surface area contributed by atoms with Crippen LogP contribution in [0.4, 0.5) is 5.69 Å². The van der Waals surface area contributed by atoms with Crippen LogP contribution < -0.4 is 4.31 Å². The molecular formula is C18H16N2O3S. The molecule has 1 heterocycles. The Morgan fingerprint density at radius 1 is 1.21 bits per heavy atom. The van der Waals surface area contributed by atoms with Gasteiger partial charge in [-0.15, -0.1) is 0 Å². The second-order valence-corrected chi connectivity index (χ2v) is 7.52. The molecule has 0 spiro atoms. The number of rotatable bonds is 3. The number of carbonyl (C=O) groups excluding carboxylic acids is 1. The number of hydrogen-bond donors (Lipinski definition) is 0. The van der Waals surface area contributed by atoms with E-state index in [1.54, 1.807) is 30.3 Å². The number of ketones is 1. The number of sulfonamides is 1. The van der Waals surface area contributed by atoms with Crippen LogP contribution in [-0.4, -0.2) is 20.7 Å². The maximum atomic E-state index is 13.1. The lowest BCUT2D eigenvalue weighted by molar-refractivity contribution is 0.101. The Kier molecular flexibility index (Phi) is 4.12. The fraction of sp³-hybridized carbons (Fsp3) is 0.222. The molecule has 2 aromatic rings. The predicted molar refractivity (Wildman–Crippen MR) is 90.5 cm³/mol. The summed E-state index contributed by atoms with van der Waals surface area (Å²) < 4.78 is 27.5. The van der Waals surface area contributed by atoms with Gasteiger partial charge in [0.05, 0.1) is 11.3 Å². The highest BCUT2D eigenvalue weighted by atomic mass is 32.2. The van der Waals surface area contributed by atoms with Crippen molar-refractivity contribution in [3.63, 3.8) is 0 Å². The molecule has 0 N–H and O–H groups in total. The molecule has 3 rings (SSSR count). The summed E-state index contributed by atoms with van der Waals surface area (Å²) in [4.78, 5) is 11.6. The average Bonchev–Trinajstić information content (AvgIpc) is 2.60. The van der Waals surface area contributed by atoms with Crippen LogP contribution in [0.1, 0.15) is 34.8 Å². The van der Waals surface area contributed by atoms with Crippen LogP contribution in [0, 0.1) is 11.3 Å². The number of hydrogen-bond acceptors (Lipinski definition) is 4. The lowest BCUT2D eigenvalue weighted by Gasteiger charge is -2.31. The highest BCUT2D eigenvalue weighted by molar-refractivity contribution is 7.92. The molecule has 1 aliphatic heterocycles. The second kappa shape index (κ2) is 6.10. The number of aryl methyl sites for hydroxylation is 1. The minimum absolute atomic E-state index is 0.0102. The highest BCUT2D eigenvalue weighted by Gasteiger charge is 2.31. The Balaban J connectivity index is 2.12. The van der Waals surface area contributed by atoms with Gasteiger partial charge in [-0.2, -0.15) is 5.26 Å². The molecule has 0 saturated heterocycles. The number of carbonyl (C=O) groups is 1. The molecule has 0 amide bonds. The van der Waals surface area contributed by atoms with E-state index in [0.717, 1.165) is 12.0 Å². The number of Topliss-reactive ketones (excluding diaryl/α,β-unsaturated/α-hetero) is 1. The molecular weight excluding hydrogens is 324 g/mol. The van der Waals surface area contributed by atoms with Crippen LogP contribution in [0.25, 0.3) is 0 Å². The van der Waals surface area contributed by atoms with Gasteiger partial charge in [0.2, 0.25) is 0 Å². The Morgan fingerprint density at radius 2 is 1.96 bits per heavy atom. The zero-order valence-electron chi connectivity index (χ0n) is 13.2. The van der Waals surface area contributed by atoms with E-state index in [9.17, 15) is 18.5 Å². The van der Waals surface area contributed by atoms with E-state index in [2.05, 4.69) is 0 Å². The molecule has 0 radical (unpaired) electrons. The Bertz CT molecular complexity index is 958. The van der Waals surface area contributed by atoms with Crippen molar-refractivity contribution in [1.29, 1.82) is 5.26 Å². The molecule has 24 heavy (non-hydrogen) atoms. The molecule has 0 fully saturated rings. The van der Waals surface area contributed by atoms with Crippen LogP contribution in [0.15, 0.2) is 47.4 Å². The van der Waals surface area contributed by atoms with Crippen molar-refractivity contribution < 1.29 is 13.2 Å². The molecule has 122 valence electrons. The summed E-state index contributed by atoms with van der Waals surface area (Å²) in [5, 5.41) is 9.20. The first-order chi connectivity index (χ1) is 11.4. The minimum Gasteiger partial charge on any atom is -0.295 e. The maximum Gasteiger partial charge on any atom is 0.265 e. The SMILES string of the molecule is CC(=O)c1ccc2c(c1)CCCN2S(=O)(=O)c1ccccc1C#N. The lowest BCUT2D eigenvalue weighted by Crippen LogP contribution is -2.36. The van der Waals surface area contributed by atoms with Crippen molar-refractivity contribution in [3.05, 3.63) is 59.2 Å². The molecule has 0 aliphatic carbocycles. The van der Waals surface area contributed by atoms with Gasteiger partial charge in [-0.3, -0.25) is 9.10 Å². The van der Waals surface area contributed by atoms with Crippen molar-refractivity contribution in [2.24, 2.45) is 0 Å². The van der Waals surface area contributed by atoms with Crippen LogP contribution >= 0.6 is 0 Å². The Labute approximate surface area is 141 Å². The standard InChI is InChI=1S/C18H16N2O3S/c1-13(21)14-8-9-17-15(11-14)6-4-10-20(17)24(22,23)18-7-3-2-5-16(18)12-19/h2-3,5,7-9,11H,4,6,10H2,1H3. The molecule has 0 saturated carbocycles. The number of anilines is 1. The molecule has 0 aromatic heterocycles. The molecule has 0 bridgehead atoms. The van der Waals surface area contributed by atoms with Gasteiger partial charge in [-0.25, -0.2) is 8.42 Å². The van der Waals surface area contributed by atoms with Gasteiger partial charge in [-0.1, -0.05) is 12.1 Å². The van der Waals surface area contributed by atoms with Crippen molar-refractivity contribution in [3.8, 4) is 6.07 Å². The van der Waals surface area contributed by atoms with E-state index in [-0.39, 0.29) is 16.2 Å². The maximum absolute atomic E-state index is 13.1. The topological polar surface area (TPSA) is 78.2 Å². The third-order valence-electron chi connectivity index (χ3n) is 4.14. The molecule has 2 aromatic carbocycles.